The van der Waals surface area contributed by atoms with Crippen LogP contribution in [0.2, 0.25) is 0 Å². The van der Waals surface area contributed by atoms with E-state index < -0.39 is 97.5 Å². The summed E-state index contributed by atoms with van der Waals surface area (Å²) in [6.45, 7) is 9.52. The summed E-state index contributed by atoms with van der Waals surface area (Å²) in [5.74, 6) is -0.614. The van der Waals surface area contributed by atoms with Crippen LogP contribution < -0.4 is 0 Å². The summed E-state index contributed by atoms with van der Waals surface area (Å²) in [5.41, 5.74) is 0. The average molecular weight is 1350 g/mol. The molecule has 92 heavy (non-hydrogen) atoms. The fourth-order valence-electron chi connectivity index (χ4n) is 11.1. The summed E-state index contributed by atoms with van der Waals surface area (Å²) >= 11 is 0. The number of aliphatic hydroxyl groups excluding tert-OH is 1. The number of hydrogen-bond acceptors (Lipinski definition) is 15. The van der Waals surface area contributed by atoms with E-state index in [1.54, 1.807) is 0 Å². The van der Waals surface area contributed by atoms with Crippen LogP contribution in [0.1, 0.15) is 375 Å². The Morgan fingerprint density at radius 1 is 0.293 bits per heavy atom. The summed E-state index contributed by atoms with van der Waals surface area (Å²) < 4.78 is 68.3. The zero-order valence-corrected chi connectivity index (χ0v) is 61.6. The summed E-state index contributed by atoms with van der Waals surface area (Å²) in [5, 5.41) is 10.6. The van der Waals surface area contributed by atoms with Crippen molar-refractivity contribution < 1.29 is 80.2 Å². The van der Waals surface area contributed by atoms with Gasteiger partial charge in [0.2, 0.25) is 0 Å². The van der Waals surface area contributed by atoms with Crippen LogP contribution in [0.3, 0.4) is 0 Å². The first-order valence-corrected chi connectivity index (χ1v) is 41.0. The predicted octanol–water partition coefficient (Wildman–Crippen LogP) is 21.2. The first kappa shape index (κ1) is 90.1. The maximum Gasteiger partial charge on any atom is 0.472 e. The molecular formula is C73H142O17P2. The van der Waals surface area contributed by atoms with Gasteiger partial charge in [0.1, 0.15) is 19.3 Å². The Balaban J connectivity index is 5.18. The first-order valence-electron chi connectivity index (χ1n) is 38.0. The smallest absolute Gasteiger partial charge is 0.462 e. The maximum absolute atomic E-state index is 13.0. The molecule has 0 bridgehead atoms. The van der Waals surface area contributed by atoms with Gasteiger partial charge in [0.05, 0.1) is 26.4 Å². The Morgan fingerprint density at radius 3 is 0.739 bits per heavy atom. The number of carbonyl (C=O) groups is 4. The quantitative estimate of drug-likeness (QED) is 0.0222. The molecule has 0 aliphatic rings. The number of phosphoric ester groups is 2. The predicted molar refractivity (Wildman–Crippen MR) is 372 cm³/mol. The van der Waals surface area contributed by atoms with Crippen LogP contribution in [0.25, 0.3) is 0 Å². The van der Waals surface area contributed by atoms with Crippen LogP contribution in [-0.2, 0) is 65.4 Å². The highest BCUT2D eigenvalue weighted by Gasteiger charge is 2.30. The second-order valence-corrected chi connectivity index (χ2v) is 30.2. The maximum atomic E-state index is 13.0. The molecule has 546 valence electrons. The highest BCUT2D eigenvalue weighted by atomic mass is 31.2. The van der Waals surface area contributed by atoms with Gasteiger partial charge in [-0.1, -0.05) is 324 Å². The van der Waals surface area contributed by atoms with Crippen molar-refractivity contribution in [2.24, 2.45) is 11.8 Å². The van der Waals surface area contributed by atoms with Gasteiger partial charge in [-0.05, 0) is 37.5 Å². The minimum atomic E-state index is -4.95. The van der Waals surface area contributed by atoms with Gasteiger partial charge in [0.15, 0.2) is 12.2 Å². The van der Waals surface area contributed by atoms with Gasteiger partial charge in [0, 0.05) is 25.7 Å². The van der Waals surface area contributed by atoms with Crippen molar-refractivity contribution in [2.75, 3.05) is 39.6 Å². The number of aliphatic hydroxyl groups is 1. The number of esters is 4. The first-order chi connectivity index (χ1) is 44.4. The van der Waals surface area contributed by atoms with Crippen molar-refractivity contribution in [1.82, 2.24) is 0 Å². The average Bonchev–Trinajstić information content (AvgIpc) is 1.50. The van der Waals surface area contributed by atoms with E-state index >= 15 is 0 Å². The molecule has 0 amide bonds. The topological polar surface area (TPSA) is 237 Å². The lowest BCUT2D eigenvalue weighted by atomic mass is 10.0. The second-order valence-electron chi connectivity index (χ2n) is 27.3. The van der Waals surface area contributed by atoms with Crippen LogP contribution in [0.15, 0.2) is 0 Å². The van der Waals surface area contributed by atoms with E-state index in [0.717, 1.165) is 115 Å². The molecule has 19 heteroatoms. The molecule has 0 aromatic carbocycles. The van der Waals surface area contributed by atoms with Gasteiger partial charge in [-0.15, -0.1) is 0 Å². The number of unbranched alkanes of at least 4 members (excludes halogenated alkanes) is 42. The van der Waals surface area contributed by atoms with Crippen LogP contribution in [0.5, 0.6) is 0 Å². The van der Waals surface area contributed by atoms with E-state index in [-0.39, 0.29) is 25.7 Å². The minimum Gasteiger partial charge on any atom is -0.462 e. The zero-order valence-electron chi connectivity index (χ0n) is 59.9. The van der Waals surface area contributed by atoms with E-state index in [1.807, 2.05) is 0 Å². The Bertz CT molecular complexity index is 1790. The number of ether oxygens (including phenoxy) is 4. The van der Waals surface area contributed by atoms with E-state index in [4.69, 9.17) is 37.0 Å². The van der Waals surface area contributed by atoms with Gasteiger partial charge in [-0.2, -0.15) is 0 Å². The van der Waals surface area contributed by atoms with E-state index in [2.05, 4.69) is 41.5 Å². The lowest BCUT2D eigenvalue weighted by Crippen LogP contribution is -2.30. The van der Waals surface area contributed by atoms with Crippen molar-refractivity contribution in [3.05, 3.63) is 0 Å². The standard InChI is InChI=1S/C73H142O17P2/c1-7-9-11-13-15-16-17-18-19-20-21-22-23-24-25-33-39-45-51-57-72(77)90-69(62-84-71(76)56-50-44-38-32-28-26-30-36-41-47-53-65(3)4)64-88-92(81,82)86-60-67(74)59-85-91(79,80)87-63-68(61-83-70(75)55-49-43-35-14-12-10-8-2)89-73(78)58-52-46-40-34-29-27-31-37-42-48-54-66(5)6/h65-69,74H,7-64H2,1-6H3,(H,79,80)(H,81,82)/t67-,68+,69+/m0/s1. The molecule has 0 spiro atoms. The van der Waals surface area contributed by atoms with Gasteiger partial charge in [-0.3, -0.25) is 37.3 Å². The Hall–Kier alpha value is -1.94. The number of rotatable bonds is 72. The highest BCUT2D eigenvalue weighted by Crippen LogP contribution is 2.45. The van der Waals surface area contributed by atoms with E-state index in [1.165, 1.54) is 180 Å². The summed E-state index contributed by atoms with van der Waals surface area (Å²) in [6, 6.07) is 0. The highest BCUT2D eigenvalue weighted by molar-refractivity contribution is 7.47. The molecular weight excluding hydrogens is 1210 g/mol. The fourth-order valence-corrected chi connectivity index (χ4v) is 12.7. The second kappa shape index (κ2) is 65.0. The number of hydrogen-bond donors (Lipinski definition) is 3. The summed E-state index contributed by atoms with van der Waals surface area (Å²) in [6.07, 6.45) is 51.5. The molecule has 3 N–H and O–H groups in total. The van der Waals surface area contributed by atoms with E-state index in [0.29, 0.717) is 25.7 Å². The van der Waals surface area contributed by atoms with Crippen LogP contribution in [-0.4, -0.2) is 96.7 Å². The zero-order chi connectivity index (χ0) is 67.9. The van der Waals surface area contributed by atoms with Crippen molar-refractivity contribution in [2.45, 2.75) is 394 Å². The molecule has 5 atom stereocenters. The third kappa shape index (κ3) is 66.7. The molecule has 0 aliphatic heterocycles. The molecule has 0 rings (SSSR count). The fraction of sp³-hybridized carbons (Fsp3) is 0.945. The molecule has 0 aliphatic carbocycles. The lowest BCUT2D eigenvalue weighted by molar-refractivity contribution is -0.161. The van der Waals surface area contributed by atoms with Crippen molar-refractivity contribution in [3.8, 4) is 0 Å². The third-order valence-electron chi connectivity index (χ3n) is 17.0. The SMILES string of the molecule is CCCCCCCCCCCCCCCCCCCCCC(=O)O[C@H](COC(=O)CCCCCCCCCCCCC(C)C)COP(=O)(O)OC[C@@H](O)COP(=O)(O)OC[C@@H](COC(=O)CCCCCCCCC)OC(=O)CCCCCCCCCCCCC(C)C. The molecule has 0 heterocycles. The Kier molecular flexibility index (Phi) is 63.7. The molecule has 0 aromatic rings. The largest absolute Gasteiger partial charge is 0.472 e. The summed E-state index contributed by atoms with van der Waals surface area (Å²) in [4.78, 5) is 72.5. The normalized spacial score (nSPS) is 14.1. The van der Waals surface area contributed by atoms with Crippen molar-refractivity contribution in [3.63, 3.8) is 0 Å². The van der Waals surface area contributed by atoms with Gasteiger partial charge < -0.3 is 33.8 Å². The molecule has 0 saturated heterocycles. The van der Waals surface area contributed by atoms with Gasteiger partial charge in [-0.25, -0.2) is 9.13 Å². The molecule has 2 unspecified atom stereocenters. The summed E-state index contributed by atoms with van der Waals surface area (Å²) in [7, 11) is -9.90. The lowest BCUT2D eigenvalue weighted by Gasteiger charge is -2.21. The molecule has 0 fully saturated rings. The minimum absolute atomic E-state index is 0.106. The van der Waals surface area contributed by atoms with Crippen molar-refractivity contribution >= 4 is 39.5 Å². The monoisotopic (exact) mass is 1350 g/mol. The third-order valence-corrected chi connectivity index (χ3v) is 18.9. The van der Waals surface area contributed by atoms with Gasteiger partial charge in [0.25, 0.3) is 0 Å². The van der Waals surface area contributed by atoms with Crippen LogP contribution in [0.4, 0.5) is 0 Å². The number of phosphoric acid groups is 2. The Labute approximate surface area is 562 Å². The van der Waals surface area contributed by atoms with E-state index in [9.17, 15) is 43.2 Å². The van der Waals surface area contributed by atoms with Crippen molar-refractivity contribution in [1.29, 1.82) is 0 Å². The molecule has 0 radical (unpaired) electrons. The molecule has 0 saturated carbocycles. The molecule has 17 nitrogen and oxygen atoms in total. The van der Waals surface area contributed by atoms with Crippen LogP contribution >= 0.6 is 15.6 Å². The van der Waals surface area contributed by atoms with Crippen LogP contribution in [0, 0.1) is 11.8 Å². The number of carbonyl (C=O) groups excluding carboxylic acids is 4. The van der Waals surface area contributed by atoms with Gasteiger partial charge >= 0.3 is 39.5 Å². The Morgan fingerprint density at radius 2 is 0.500 bits per heavy atom. The molecule has 0 aromatic heterocycles.